The van der Waals surface area contributed by atoms with Crippen LogP contribution in [0.4, 0.5) is 13.2 Å². The van der Waals surface area contributed by atoms with Gasteiger partial charge in [0, 0.05) is 5.56 Å². The number of carbonyl (C=O) groups is 1. The molecular weight excluding hydrogens is 209 g/mol. The maximum atomic E-state index is 12.5. The second-order valence-corrected chi connectivity index (χ2v) is 3.19. The van der Waals surface area contributed by atoms with Gasteiger partial charge in [0.05, 0.1) is 0 Å². The highest BCUT2D eigenvalue weighted by Crippen LogP contribution is 2.39. The fourth-order valence-corrected chi connectivity index (χ4v) is 1.44. The zero-order chi connectivity index (χ0) is 11.8. The van der Waals surface area contributed by atoms with Crippen LogP contribution in [0.5, 0.6) is 5.75 Å². The van der Waals surface area contributed by atoms with Crippen molar-refractivity contribution in [3.8, 4) is 5.75 Å². The summed E-state index contributed by atoms with van der Waals surface area (Å²) in [6.45, 7) is 2.35. The van der Waals surface area contributed by atoms with Crippen molar-refractivity contribution in [3.05, 3.63) is 28.8 Å². The summed E-state index contributed by atoms with van der Waals surface area (Å²) in [5.41, 5.74) is -1.41. The third-order valence-corrected chi connectivity index (χ3v) is 2.11. The maximum absolute atomic E-state index is 12.5. The maximum Gasteiger partial charge on any atom is 0.420 e. The predicted octanol–water partition coefficient (Wildman–Crippen LogP) is 2.92. The largest absolute Gasteiger partial charge is 0.507 e. The Bertz CT molecular complexity index is 408. The number of aromatic hydroxyl groups is 1. The summed E-state index contributed by atoms with van der Waals surface area (Å²) in [5.74, 6) is -1.32. The molecule has 0 radical (unpaired) electrons. The van der Waals surface area contributed by atoms with Crippen molar-refractivity contribution in [2.24, 2.45) is 0 Å². The van der Waals surface area contributed by atoms with Crippen molar-refractivity contribution in [2.45, 2.75) is 20.0 Å². The molecule has 0 aliphatic carbocycles. The molecule has 0 spiro atoms. The minimum absolute atomic E-state index is 0.0277. The van der Waals surface area contributed by atoms with E-state index in [9.17, 15) is 18.0 Å². The second kappa shape index (κ2) is 3.56. The van der Waals surface area contributed by atoms with Crippen molar-refractivity contribution >= 4 is 5.78 Å². The Morgan fingerprint density at radius 1 is 1.33 bits per heavy atom. The van der Waals surface area contributed by atoms with Crippen LogP contribution in [-0.4, -0.2) is 10.9 Å². The molecule has 0 bridgehead atoms. The number of phenolic OH excluding ortho intramolecular Hbond substituents is 1. The number of hydrogen-bond donors (Lipinski definition) is 1. The van der Waals surface area contributed by atoms with Gasteiger partial charge in [-0.05, 0) is 31.5 Å². The zero-order valence-electron chi connectivity index (χ0n) is 8.14. The van der Waals surface area contributed by atoms with Gasteiger partial charge >= 0.3 is 6.18 Å². The van der Waals surface area contributed by atoms with E-state index < -0.39 is 23.3 Å². The molecule has 0 aromatic heterocycles. The number of Topliss-reactive ketones (excluding diaryl/α,β-unsaturated/α-hetero) is 1. The van der Waals surface area contributed by atoms with Crippen LogP contribution >= 0.6 is 0 Å². The number of ketones is 1. The Morgan fingerprint density at radius 2 is 1.87 bits per heavy atom. The van der Waals surface area contributed by atoms with Crippen molar-refractivity contribution in [1.29, 1.82) is 0 Å². The Balaban J connectivity index is 3.51. The second-order valence-electron chi connectivity index (χ2n) is 3.19. The lowest BCUT2D eigenvalue weighted by Crippen LogP contribution is -2.11. The van der Waals surface area contributed by atoms with Gasteiger partial charge in [-0.25, -0.2) is 0 Å². The molecule has 1 aromatic rings. The predicted molar refractivity (Wildman–Crippen MR) is 47.9 cm³/mol. The van der Waals surface area contributed by atoms with E-state index in [1.165, 1.54) is 19.9 Å². The molecule has 2 nitrogen and oxygen atoms in total. The summed E-state index contributed by atoms with van der Waals surface area (Å²) < 4.78 is 37.4. The topological polar surface area (TPSA) is 37.3 Å². The first-order chi connectivity index (χ1) is 6.75. The third kappa shape index (κ3) is 2.11. The lowest BCUT2D eigenvalue weighted by molar-refractivity contribution is -0.139. The molecule has 0 aliphatic heterocycles. The average Bonchev–Trinajstić information content (AvgIpc) is 2.00. The molecule has 0 saturated heterocycles. The molecule has 1 N–H and O–H groups in total. The molecule has 0 fully saturated rings. The van der Waals surface area contributed by atoms with E-state index >= 15 is 0 Å². The molecule has 1 aromatic carbocycles. The highest BCUT2D eigenvalue weighted by molar-refractivity contribution is 5.96. The molecule has 0 saturated carbocycles. The molecular formula is C10H9F3O2. The molecule has 82 valence electrons. The first kappa shape index (κ1) is 11.6. The summed E-state index contributed by atoms with van der Waals surface area (Å²) >= 11 is 0. The van der Waals surface area contributed by atoms with Gasteiger partial charge in [0.2, 0.25) is 0 Å². The van der Waals surface area contributed by atoms with Crippen LogP contribution in [0.25, 0.3) is 0 Å². The van der Waals surface area contributed by atoms with Crippen LogP contribution in [0, 0.1) is 6.92 Å². The lowest BCUT2D eigenvalue weighted by Gasteiger charge is -2.14. The van der Waals surface area contributed by atoms with E-state index in [1.807, 2.05) is 0 Å². The van der Waals surface area contributed by atoms with Crippen molar-refractivity contribution in [2.75, 3.05) is 0 Å². The summed E-state index contributed by atoms with van der Waals surface area (Å²) in [7, 11) is 0. The number of hydrogen-bond acceptors (Lipinski definition) is 2. The number of benzene rings is 1. The minimum atomic E-state index is -4.65. The molecule has 0 amide bonds. The van der Waals surface area contributed by atoms with E-state index in [0.29, 0.717) is 0 Å². The average molecular weight is 218 g/mol. The van der Waals surface area contributed by atoms with Gasteiger partial charge in [0.25, 0.3) is 0 Å². The summed E-state index contributed by atoms with van der Waals surface area (Å²) in [6, 6.07) is 2.06. The van der Waals surface area contributed by atoms with E-state index in [0.717, 1.165) is 6.07 Å². The molecule has 0 unspecified atom stereocenters. The quantitative estimate of drug-likeness (QED) is 0.736. The summed E-state index contributed by atoms with van der Waals surface area (Å²) in [6.07, 6.45) is -4.65. The summed E-state index contributed by atoms with van der Waals surface area (Å²) in [4.78, 5) is 11.0. The molecule has 0 heterocycles. The third-order valence-electron chi connectivity index (χ3n) is 2.11. The summed E-state index contributed by atoms with van der Waals surface area (Å²) in [5, 5.41) is 9.10. The zero-order valence-corrected chi connectivity index (χ0v) is 8.14. The van der Waals surface area contributed by atoms with E-state index in [2.05, 4.69) is 0 Å². The van der Waals surface area contributed by atoms with Crippen molar-refractivity contribution in [3.63, 3.8) is 0 Å². The van der Waals surface area contributed by atoms with Crippen LogP contribution in [-0.2, 0) is 6.18 Å². The fourth-order valence-electron chi connectivity index (χ4n) is 1.44. The van der Waals surface area contributed by atoms with Crippen molar-refractivity contribution < 1.29 is 23.1 Å². The van der Waals surface area contributed by atoms with Crippen LogP contribution in [0.3, 0.4) is 0 Å². The Kier molecular flexibility index (Phi) is 2.75. The first-order valence-electron chi connectivity index (χ1n) is 4.16. The van der Waals surface area contributed by atoms with Gasteiger partial charge in [0.15, 0.2) is 5.78 Å². The monoisotopic (exact) mass is 218 g/mol. The highest BCUT2D eigenvalue weighted by atomic mass is 19.4. The molecule has 15 heavy (non-hydrogen) atoms. The van der Waals surface area contributed by atoms with E-state index in [-0.39, 0.29) is 11.1 Å². The Morgan fingerprint density at radius 3 is 2.27 bits per heavy atom. The number of carbonyl (C=O) groups excluding carboxylic acids is 1. The van der Waals surface area contributed by atoms with Crippen LogP contribution in [0.2, 0.25) is 0 Å². The van der Waals surface area contributed by atoms with E-state index in [1.54, 1.807) is 0 Å². The minimum Gasteiger partial charge on any atom is -0.507 e. The number of halogens is 3. The van der Waals surface area contributed by atoms with Crippen LogP contribution < -0.4 is 0 Å². The van der Waals surface area contributed by atoms with Gasteiger partial charge in [-0.2, -0.15) is 13.2 Å². The highest BCUT2D eigenvalue weighted by Gasteiger charge is 2.36. The van der Waals surface area contributed by atoms with Crippen molar-refractivity contribution in [1.82, 2.24) is 0 Å². The lowest BCUT2D eigenvalue weighted by atomic mass is 9.98. The van der Waals surface area contributed by atoms with Gasteiger partial charge < -0.3 is 5.11 Å². The number of phenols is 1. The molecule has 0 aliphatic rings. The van der Waals surface area contributed by atoms with E-state index in [4.69, 9.17) is 5.11 Å². The molecule has 5 heteroatoms. The smallest absolute Gasteiger partial charge is 0.420 e. The normalized spacial score (nSPS) is 11.5. The number of alkyl halides is 3. The Labute approximate surface area is 84.3 Å². The van der Waals surface area contributed by atoms with Gasteiger partial charge in [-0.15, -0.1) is 0 Å². The van der Waals surface area contributed by atoms with Gasteiger partial charge in [-0.1, -0.05) is 0 Å². The first-order valence-corrected chi connectivity index (χ1v) is 4.16. The standard InChI is InChI=1S/C10H9F3O2/c1-5-7(6(2)14)3-4-8(15)9(5)10(11,12)13/h3-4,15H,1-2H3. The molecule has 1 rings (SSSR count). The SMILES string of the molecule is CC(=O)c1ccc(O)c(C(F)(F)F)c1C. The fraction of sp³-hybridized carbons (Fsp3) is 0.300. The van der Waals surface area contributed by atoms with Crippen LogP contribution in [0.15, 0.2) is 12.1 Å². The Hall–Kier alpha value is -1.52. The molecule has 0 atom stereocenters. The van der Waals surface area contributed by atoms with Gasteiger partial charge in [0.1, 0.15) is 11.3 Å². The van der Waals surface area contributed by atoms with Gasteiger partial charge in [-0.3, -0.25) is 4.79 Å². The van der Waals surface area contributed by atoms with Crippen LogP contribution in [0.1, 0.15) is 28.4 Å². The number of rotatable bonds is 1.